The van der Waals surface area contributed by atoms with Gasteiger partial charge in [-0.05, 0) is 78.2 Å². The monoisotopic (exact) mass is 529 g/mol. The van der Waals surface area contributed by atoms with E-state index < -0.39 is 0 Å². The van der Waals surface area contributed by atoms with Crippen molar-refractivity contribution in [2.75, 3.05) is 26.7 Å². The molecule has 170 valence electrons. The summed E-state index contributed by atoms with van der Waals surface area (Å²) < 4.78 is 0. The Hall–Kier alpha value is -1.35. The van der Waals surface area contributed by atoms with E-state index in [4.69, 9.17) is 0 Å². The summed E-state index contributed by atoms with van der Waals surface area (Å²) in [6.07, 6.45) is 3.92. The van der Waals surface area contributed by atoms with Gasteiger partial charge in [0.1, 0.15) is 0 Å². The number of halogens is 1. The largest absolute Gasteiger partial charge is 0.355 e. The fourth-order valence-electron chi connectivity index (χ4n) is 3.55. The standard InChI is InChI=1S/C23H39N5O.HI/c1-22(2,3)27-20(29)19-12-10-11-18(15-19)16-25-21(24-6)26-17-23(4,5)28-13-8-7-9-14-28;/h10-12,15H,7-9,13-14,16-17H2,1-6H3,(H,27,29)(H2,24,25,26);1H. The van der Waals surface area contributed by atoms with Crippen LogP contribution >= 0.6 is 24.0 Å². The van der Waals surface area contributed by atoms with Gasteiger partial charge >= 0.3 is 0 Å². The van der Waals surface area contributed by atoms with Crippen molar-refractivity contribution >= 4 is 35.8 Å². The van der Waals surface area contributed by atoms with Crippen molar-refractivity contribution in [3.8, 4) is 0 Å². The SMILES string of the molecule is CN=C(NCc1cccc(C(=O)NC(C)(C)C)c1)NCC(C)(C)N1CCCCC1.I. The molecule has 1 heterocycles. The zero-order valence-electron chi connectivity index (χ0n) is 19.5. The van der Waals surface area contributed by atoms with E-state index in [1.54, 1.807) is 7.05 Å². The number of carbonyl (C=O) groups is 1. The number of piperidine rings is 1. The first kappa shape index (κ1) is 26.7. The Labute approximate surface area is 199 Å². The average molecular weight is 530 g/mol. The quantitative estimate of drug-likeness (QED) is 0.298. The molecule has 1 aromatic rings. The molecule has 3 N–H and O–H groups in total. The van der Waals surface area contributed by atoms with Crippen LogP contribution < -0.4 is 16.0 Å². The van der Waals surface area contributed by atoms with Crippen LogP contribution in [-0.4, -0.2) is 54.5 Å². The summed E-state index contributed by atoms with van der Waals surface area (Å²) >= 11 is 0. The molecular weight excluding hydrogens is 489 g/mol. The molecule has 0 radical (unpaired) electrons. The van der Waals surface area contributed by atoms with E-state index in [1.807, 2.05) is 45.0 Å². The molecule has 1 aromatic carbocycles. The Morgan fingerprint density at radius 3 is 2.33 bits per heavy atom. The van der Waals surface area contributed by atoms with Crippen molar-refractivity contribution < 1.29 is 4.79 Å². The Morgan fingerprint density at radius 1 is 1.07 bits per heavy atom. The smallest absolute Gasteiger partial charge is 0.251 e. The van der Waals surface area contributed by atoms with E-state index in [2.05, 4.69) is 39.7 Å². The molecule has 0 spiro atoms. The van der Waals surface area contributed by atoms with E-state index in [-0.39, 0.29) is 41.0 Å². The van der Waals surface area contributed by atoms with E-state index in [0.29, 0.717) is 12.1 Å². The second kappa shape index (κ2) is 11.9. The summed E-state index contributed by atoms with van der Waals surface area (Å²) in [5.74, 6) is 0.727. The molecule has 1 amide bonds. The van der Waals surface area contributed by atoms with Gasteiger partial charge in [-0.25, -0.2) is 0 Å². The number of hydrogen-bond donors (Lipinski definition) is 3. The molecule has 1 aliphatic rings. The molecule has 0 saturated carbocycles. The number of carbonyl (C=O) groups excluding carboxylic acids is 1. The molecular formula is C23H40IN5O. The van der Waals surface area contributed by atoms with Gasteiger partial charge in [0, 0.05) is 36.8 Å². The zero-order valence-corrected chi connectivity index (χ0v) is 21.8. The summed E-state index contributed by atoms with van der Waals surface area (Å²) in [7, 11) is 1.79. The summed E-state index contributed by atoms with van der Waals surface area (Å²) in [6.45, 7) is 14.3. The van der Waals surface area contributed by atoms with E-state index in [0.717, 1.165) is 18.1 Å². The molecule has 7 heteroatoms. The fourth-order valence-corrected chi connectivity index (χ4v) is 3.55. The number of guanidine groups is 1. The van der Waals surface area contributed by atoms with Crippen LogP contribution in [0.2, 0.25) is 0 Å². The van der Waals surface area contributed by atoms with Crippen LogP contribution in [0.3, 0.4) is 0 Å². The number of rotatable bonds is 6. The number of amides is 1. The van der Waals surface area contributed by atoms with Crippen molar-refractivity contribution in [1.29, 1.82) is 0 Å². The fraction of sp³-hybridized carbons (Fsp3) is 0.652. The lowest BCUT2D eigenvalue weighted by Crippen LogP contribution is -2.54. The van der Waals surface area contributed by atoms with Gasteiger partial charge < -0.3 is 16.0 Å². The molecule has 6 nitrogen and oxygen atoms in total. The van der Waals surface area contributed by atoms with Gasteiger partial charge in [-0.15, -0.1) is 24.0 Å². The number of hydrogen-bond acceptors (Lipinski definition) is 3. The van der Waals surface area contributed by atoms with Crippen molar-refractivity contribution in [3.05, 3.63) is 35.4 Å². The Bertz CT molecular complexity index is 706. The maximum Gasteiger partial charge on any atom is 0.251 e. The van der Waals surface area contributed by atoms with Gasteiger partial charge in [0.15, 0.2) is 5.96 Å². The lowest BCUT2D eigenvalue weighted by Gasteiger charge is -2.41. The predicted octanol–water partition coefficient (Wildman–Crippen LogP) is 3.76. The van der Waals surface area contributed by atoms with Crippen LogP contribution in [0.5, 0.6) is 0 Å². The van der Waals surface area contributed by atoms with E-state index >= 15 is 0 Å². The highest BCUT2D eigenvalue weighted by molar-refractivity contribution is 14.0. The first-order valence-corrected chi connectivity index (χ1v) is 10.7. The van der Waals surface area contributed by atoms with Gasteiger partial charge in [0.2, 0.25) is 0 Å². The lowest BCUT2D eigenvalue weighted by atomic mass is 9.98. The summed E-state index contributed by atoms with van der Waals surface area (Å²) in [4.78, 5) is 19.3. The first-order chi connectivity index (χ1) is 13.6. The number of benzene rings is 1. The van der Waals surface area contributed by atoms with Gasteiger partial charge in [-0.2, -0.15) is 0 Å². The van der Waals surface area contributed by atoms with Crippen molar-refractivity contribution in [3.63, 3.8) is 0 Å². The molecule has 0 aromatic heterocycles. The maximum atomic E-state index is 12.4. The maximum absolute atomic E-state index is 12.4. The van der Waals surface area contributed by atoms with Gasteiger partial charge in [-0.1, -0.05) is 18.6 Å². The van der Waals surface area contributed by atoms with Crippen molar-refractivity contribution in [2.24, 2.45) is 4.99 Å². The average Bonchev–Trinajstić information content (AvgIpc) is 2.68. The van der Waals surface area contributed by atoms with E-state index in [9.17, 15) is 4.79 Å². The predicted molar refractivity (Wildman–Crippen MR) is 137 cm³/mol. The third-order valence-corrected chi connectivity index (χ3v) is 5.26. The van der Waals surface area contributed by atoms with Crippen LogP contribution in [-0.2, 0) is 6.54 Å². The first-order valence-electron chi connectivity index (χ1n) is 10.7. The van der Waals surface area contributed by atoms with Crippen LogP contribution in [0.1, 0.15) is 69.8 Å². The topological polar surface area (TPSA) is 68.8 Å². The highest BCUT2D eigenvalue weighted by atomic mass is 127. The normalized spacial score (nSPS) is 15.9. The minimum absolute atomic E-state index is 0. The zero-order chi connectivity index (χ0) is 21.5. The number of likely N-dealkylation sites (tertiary alicyclic amines) is 1. The minimum atomic E-state index is -0.252. The number of aliphatic imine (C=N–C) groups is 1. The molecule has 1 fully saturated rings. The molecule has 30 heavy (non-hydrogen) atoms. The van der Waals surface area contributed by atoms with E-state index in [1.165, 1.54) is 32.4 Å². The molecule has 2 rings (SSSR count). The van der Waals surface area contributed by atoms with Crippen LogP contribution in [0.25, 0.3) is 0 Å². The Morgan fingerprint density at radius 2 is 1.73 bits per heavy atom. The van der Waals surface area contributed by atoms with Gasteiger partial charge in [-0.3, -0.25) is 14.7 Å². The minimum Gasteiger partial charge on any atom is -0.355 e. The van der Waals surface area contributed by atoms with Crippen LogP contribution in [0.15, 0.2) is 29.3 Å². The molecule has 0 unspecified atom stereocenters. The van der Waals surface area contributed by atoms with Crippen LogP contribution in [0.4, 0.5) is 0 Å². The highest BCUT2D eigenvalue weighted by Gasteiger charge is 2.27. The second-order valence-electron chi connectivity index (χ2n) is 9.54. The van der Waals surface area contributed by atoms with Gasteiger partial charge in [0.25, 0.3) is 5.91 Å². The second-order valence-corrected chi connectivity index (χ2v) is 9.54. The summed E-state index contributed by atoms with van der Waals surface area (Å²) in [6, 6.07) is 7.72. The van der Waals surface area contributed by atoms with Crippen LogP contribution in [0, 0.1) is 0 Å². The molecule has 0 aliphatic carbocycles. The summed E-state index contributed by atoms with van der Waals surface area (Å²) in [5.41, 5.74) is 1.56. The molecule has 1 aliphatic heterocycles. The molecule has 0 bridgehead atoms. The van der Waals surface area contributed by atoms with Gasteiger partial charge in [0.05, 0.1) is 0 Å². The Balaban J connectivity index is 0.00000450. The number of nitrogens with zero attached hydrogens (tertiary/aromatic N) is 2. The highest BCUT2D eigenvalue weighted by Crippen LogP contribution is 2.19. The Kier molecular flexibility index (Phi) is 10.6. The third kappa shape index (κ3) is 8.79. The molecule has 0 atom stereocenters. The lowest BCUT2D eigenvalue weighted by molar-refractivity contribution is 0.0919. The number of nitrogens with one attached hydrogen (secondary N) is 3. The third-order valence-electron chi connectivity index (χ3n) is 5.26. The van der Waals surface area contributed by atoms with Crippen molar-refractivity contribution in [1.82, 2.24) is 20.9 Å². The molecule has 1 saturated heterocycles. The summed E-state index contributed by atoms with van der Waals surface area (Å²) in [5, 5.41) is 9.83. The van der Waals surface area contributed by atoms with Crippen molar-refractivity contribution in [2.45, 2.75) is 71.5 Å².